The van der Waals surface area contributed by atoms with Crippen molar-refractivity contribution in [3.8, 4) is 6.07 Å². The average molecular weight is 161 g/mol. The Labute approximate surface area is 71.9 Å². The van der Waals surface area contributed by atoms with E-state index in [0.717, 1.165) is 31.3 Å². The quantitative estimate of drug-likeness (QED) is 0.545. The highest BCUT2D eigenvalue weighted by Crippen LogP contribution is 2.38. The Morgan fingerprint density at radius 3 is 2.92 bits per heavy atom. The number of ketones is 1. The van der Waals surface area contributed by atoms with E-state index in [0.29, 0.717) is 6.42 Å². The minimum atomic E-state index is -0.0761. The second-order valence-electron chi connectivity index (χ2n) is 3.51. The summed E-state index contributed by atoms with van der Waals surface area (Å²) < 4.78 is 0. The molecule has 2 nitrogen and oxygen atoms in total. The maximum atomic E-state index is 11.4. The van der Waals surface area contributed by atoms with Crippen molar-refractivity contribution in [2.45, 2.75) is 32.1 Å². The predicted molar refractivity (Wildman–Crippen MR) is 44.2 cm³/mol. The van der Waals surface area contributed by atoms with Crippen LogP contribution < -0.4 is 0 Å². The summed E-state index contributed by atoms with van der Waals surface area (Å²) in [6.45, 7) is 0. The molecule has 12 heavy (non-hydrogen) atoms. The van der Waals surface area contributed by atoms with Gasteiger partial charge in [0.05, 0.1) is 12.0 Å². The minimum absolute atomic E-state index is 0.0761. The lowest BCUT2D eigenvalue weighted by Gasteiger charge is -2.13. The SMILES string of the molecule is N#CC1CCC2=C1C(=O)CCC2. The molecule has 0 fully saturated rings. The number of rotatable bonds is 0. The Kier molecular flexibility index (Phi) is 1.73. The molecule has 1 atom stereocenters. The monoisotopic (exact) mass is 161 g/mol. The van der Waals surface area contributed by atoms with Crippen LogP contribution in [0.1, 0.15) is 32.1 Å². The van der Waals surface area contributed by atoms with Crippen LogP contribution >= 0.6 is 0 Å². The van der Waals surface area contributed by atoms with E-state index in [9.17, 15) is 4.79 Å². The van der Waals surface area contributed by atoms with Gasteiger partial charge >= 0.3 is 0 Å². The van der Waals surface area contributed by atoms with E-state index in [4.69, 9.17) is 5.26 Å². The third kappa shape index (κ3) is 0.972. The molecule has 0 amide bonds. The van der Waals surface area contributed by atoms with E-state index >= 15 is 0 Å². The first-order valence-electron chi connectivity index (χ1n) is 4.47. The van der Waals surface area contributed by atoms with Gasteiger partial charge in [-0.15, -0.1) is 0 Å². The number of allylic oxidation sites excluding steroid dienone is 2. The van der Waals surface area contributed by atoms with Gasteiger partial charge in [-0.05, 0) is 25.7 Å². The number of hydrogen-bond acceptors (Lipinski definition) is 2. The third-order valence-corrected chi connectivity index (χ3v) is 2.80. The van der Waals surface area contributed by atoms with Crippen LogP contribution in [0.3, 0.4) is 0 Å². The highest BCUT2D eigenvalue weighted by Gasteiger charge is 2.31. The smallest absolute Gasteiger partial charge is 0.160 e. The fraction of sp³-hybridized carbons (Fsp3) is 0.600. The van der Waals surface area contributed by atoms with E-state index in [1.807, 2.05) is 0 Å². The maximum Gasteiger partial charge on any atom is 0.160 e. The molecule has 1 unspecified atom stereocenters. The largest absolute Gasteiger partial charge is 0.295 e. The molecule has 2 heteroatoms. The summed E-state index contributed by atoms with van der Waals surface area (Å²) in [5.41, 5.74) is 2.15. The molecule has 0 aliphatic heterocycles. The van der Waals surface area contributed by atoms with Gasteiger partial charge in [0.1, 0.15) is 0 Å². The molecule has 2 rings (SSSR count). The van der Waals surface area contributed by atoms with Gasteiger partial charge in [-0.1, -0.05) is 5.57 Å². The number of carbonyl (C=O) groups is 1. The van der Waals surface area contributed by atoms with Crippen molar-refractivity contribution < 1.29 is 4.79 Å². The van der Waals surface area contributed by atoms with Crippen LogP contribution in [0.15, 0.2) is 11.1 Å². The Morgan fingerprint density at radius 1 is 1.33 bits per heavy atom. The lowest BCUT2D eigenvalue weighted by Crippen LogP contribution is -2.12. The number of nitrogens with zero attached hydrogens (tertiary/aromatic N) is 1. The molecular formula is C10H11NO. The van der Waals surface area contributed by atoms with Crippen molar-refractivity contribution in [3.05, 3.63) is 11.1 Å². The lowest BCUT2D eigenvalue weighted by molar-refractivity contribution is -0.116. The van der Waals surface area contributed by atoms with Gasteiger partial charge in [0.15, 0.2) is 5.78 Å². The zero-order chi connectivity index (χ0) is 8.55. The Morgan fingerprint density at radius 2 is 2.17 bits per heavy atom. The molecule has 0 saturated carbocycles. The second kappa shape index (κ2) is 2.75. The van der Waals surface area contributed by atoms with Crippen LogP contribution in [0.25, 0.3) is 0 Å². The van der Waals surface area contributed by atoms with Crippen LogP contribution in [-0.4, -0.2) is 5.78 Å². The van der Waals surface area contributed by atoms with Crippen LogP contribution in [-0.2, 0) is 4.79 Å². The van der Waals surface area contributed by atoms with E-state index in [1.54, 1.807) is 0 Å². The summed E-state index contributed by atoms with van der Waals surface area (Å²) in [6.07, 6.45) is 4.58. The molecule has 0 radical (unpaired) electrons. The molecule has 2 aliphatic carbocycles. The van der Waals surface area contributed by atoms with Gasteiger partial charge in [0, 0.05) is 12.0 Å². The average Bonchev–Trinajstić information content (AvgIpc) is 2.49. The molecule has 0 bridgehead atoms. The fourth-order valence-electron chi connectivity index (χ4n) is 2.22. The van der Waals surface area contributed by atoms with Crippen molar-refractivity contribution in [1.29, 1.82) is 5.26 Å². The molecule has 0 aromatic rings. The van der Waals surface area contributed by atoms with E-state index in [2.05, 4.69) is 6.07 Å². The minimum Gasteiger partial charge on any atom is -0.295 e. The van der Waals surface area contributed by atoms with Gasteiger partial charge < -0.3 is 0 Å². The van der Waals surface area contributed by atoms with Crippen LogP contribution in [0, 0.1) is 17.2 Å². The van der Waals surface area contributed by atoms with Crippen molar-refractivity contribution in [2.24, 2.45) is 5.92 Å². The zero-order valence-corrected chi connectivity index (χ0v) is 6.97. The summed E-state index contributed by atoms with van der Waals surface area (Å²) in [5.74, 6) is 0.160. The van der Waals surface area contributed by atoms with Crippen molar-refractivity contribution in [1.82, 2.24) is 0 Å². The lowest BCUT2D eigenvalue weighted by atomic mass is 9.89. The first-order chi connectivity index (χ1) is 5.83. The third-order valence-electron chi connectivity index (χ3n) is 2.80. The predicted octanol–water partition coefficient (Wildman–Crippen LogP) is 1.97. The Bertz CT molecular complexity index is 295. The van der Waals surface area contributed by atoms with Gasteiger partial charge in [0.2, 0.25) is 0 Å². The first kappa shape index (κ1) is 7.54. The number of carbonyl (C=O) groups excluding carboxylic acids is 1. The first-order valence-corrected chi connectivity index (χ1v) is 4.47. The zero-order valence-electron chi connectivity index (χ0n) is 6.97. The van der Waals surface area contributed by atoms with Crippen LogP contribution in [0.5, 0.6) is 0 Å². The molecule has 0 heterocycles. The molecule has 0 aromatic heterocycles. The maximum absolute atomic E-state index is 11.4. The van der Waals surface area contributed by atoms with Crippen molar-refractivity contribution >= 4 is 5.78 Å². The van der Waals surface area contributed by atoms with Gasteiger partial charge in [0.25, 0.3) is 0 Å². The molecule has 2 aliphatic rings. The highest BCUT2D eigenvalue weighted by molar-refractivity contribution is 5.98. The molecule has 0 N–H and O–H groups in total. The van der Waals surface area contributed by atoms with E-state index < -0.39 is 0 Å². The van der Waals surface area contributed by atoms with Crippen molar-refractivity contribution in [2.75, 3.05) is 0 Å². The molecule has 0 aromatic carbocycles. The van der Waals surface area contributed by atoms with Gasteiger partial charge in [-0.25, -0.2) is 0 Å². The number of nitriles is 1. The Hall–Kier alpha value is -1.10. The van der Waals surface area contributed by atoms with Crippen LogP contribution in [0.2, 0.25) is 0 Å². The standard InChI is InChI=1S/C10H11NO/c11-6-8-5-4-7-2-1-3-9(12)10(7)8/h8H,1-5H2. The molecule has 0 spiro atoms. The summed E-state index contributed by atoms with van der Waals surface area (Å²) >= 11 is 0. The van der Waals surface area contributed by atoms with Gasteiger partial charge in [-0.2, -0.15) is 5.26 Å². The summed E-state index contributed by atoms with van der Waals surface area (Å²) in [6, 6.07) is 2.21. The Balaban J connectivity index is 2.36. The fourth-order valence-corrected chi connectivity index (χ4v) is 2.22. The molecule has 62 valence electrons. The van der Waals surface area contributed by atoms with E-state index in [1.165, 1.54) is 5.57 Å². The summed E-state index contributed by atoms with van der Waals surface area (Å²) in [5, 5.41) is 8.79. The highest BCUT2D eigenvalue weighted by atomic mass is 16.1. The molecular weight excluding hydrogens is 150 g/mol. The second-order valence-corrected chi connectivity index (χ2v) is 3.51. The van der Waals surface area contributed by atoms with Gasteiger partial charge in [-0.3, -0.25) is 4.79 Å². The topological polar surface area (TPSA) is 40.9 Å². The molecule has 0 saturated heterocycles. The number of hydrogen-bond donors (Lipinski definition) is 0. The summed E-state index contributed by atoms with van der Waals surface area (Å²) in [7, 11) is 0. The summed E-state index contributed by atoms with van der Waals surface area (Å²) in [4.78, 5) is 11.4. The van der Waals surface area contributed by atoms with E-state index in [-0.39, 0.29) is 11.7 Å². The number of Topliss-reactive ketones (excluding diaryl/α,β-unsaturated/α-hetero) is 1. The van der Waals surface area contributed by atoms with Crippen LogP contribution in [0.4, 0.5) is 0 Å². The normalized spacial score (nSPS) is 28.6. The van der Waals surface area contributed by atoms with Crippen molar-refractivity contribution in [3.63, 3.8) is 0 Å².